The number of anilines is 2. The fourth-order valence-corrected chi connectivity index (χ4v) is 2.61. The number of rotatable bonds is 5. The van der Waals surface area contributed by atoms with Crippen molar-refractivity contribution in [3.8, 4) is 5.75 Å². The fraction of sp³-hybridized carbons (Fsp3) is 0.222. The smallest absolute Gasteiger partial charge is 0.387 e. The summed E-state index contributed by atoms with van der Waals surface area (Å²) in [7, 11) is 0. The third kappa shape index (κ3) is 4.47. The second-order valence-electron chi connectivity index (χ2n) is 5.68. The molecule has 2 aromatic rings. The molecule has 0 aromatic heterocycles. The van der Waals surface area contributed by atoms with Gasteiger partial charge in [0.1, 0.15) is 5.75 Å². The van der Waals surface area contributed by atoms with Crippen LogP contribution in [0.15, 0.2) is 48.5 Å². The Hall–Kier alpha value is -3.16. The molecule has 136 valence electrons. The number of benzene rings is 2. The van der Waals surface area contributed by atoms with E-state index in [0.29, 0.717) is 24.3 Å². The van der Waals surface area contributed by atoms with E-state index in [-0.39, 0.29) is 17.6 Å². The van der Waals surface area contributed by atoms with Gasteiger partial charge in [-0.2, -0.15) is 8.78 Å². The van der Waals surface area contributed by atoms with Crippen molar-refractivity contribution < 1.29 is 23.1 Å². The first-order chi connectivity index (χ1) is 12.5. The van der Waals surface area contributed by atoms with E-state index in [9.17, 15) is 18.4 Å². The molecule has 26 heavy (non-hydrogen) atoms. The third-order valence-electron chi connectivity index (χ3n) is 3.87. The lowest BCUT2D eigenvalue weighted by molar-refractivity contribution is -0.120. The van der Waals surface area contributed by atoms with Gasteiger partial charge in [-0.15, -0.1) is 0 Å². The van der Waals surface area contributed by atoms with Crippen LogP contribution < -0.4 is 20.3 Å². The summed E-state index contributed by atoms with van der Waals surface area (Å²) in [5.41, 5.74) is 1.81. The van der Waals surface area contributed by atoms with Crippen molar-refractivity contribution in [2.45, 2.75) is 6.61 Å². The van der Waals surface area contributed by atoms with Crippen LogP contribution in [0.25, 0.3) is 0 Å². The zero-order chi connectivity index (χ0) is 18.5. The van der Waals surface area contributed by atoms with Crippen molar-refractivity contribution in [2.24, 2.45) is 0 Å². The zero-order valence-corrected chi connectivity index (χ0v) is 13.7. The topological polar surface area (TPSA) is 70.7 Å². The molecule has 0 spiro atoms. The number of hydrogen-bond acceptors (Lipinski definition) is 4. The van der Waals surface area contributed by atoms with Gasteiger partial charge in [0.15, 0.2) is 0 Å². The van der Waals surface area contributed by atoms with E-state index >= 15 is 0 Å². The minimum absolute atomic E-state index is 0.00790. The van der Waals surface area contributed by atoms with E-state index in [1.54, 1.807) is 12.1 Å². The quantitative estimate of drug-likeness (QED) is 0.858. The first kappa shape index (κ1) is 17.7. The number of amides is 2. The van der Waals surface area contributed by atoms with Crippen LogP contribution in [0.5, 0.6) is 5.75 Å². The monoisotopic (exact) mass is 361 g/mol. The number of alkyl halides is 2. The van der Waals surface area contributed by atoms with E-state index in [1.165, 1.54) is 24.3 Å². The highest BCUT2D eigenvalue weighted by molar-refractivity contribution is 6.04. The van der Waals surface area contributed by atoms with Crippen molar-refractivity contribution in [1.82, 2.24) is 5.32 Å². The average molecular weight is 361 g/mol. The molecule has 1 saturated heterocycles. The summed E-state index contributed by atoms with van der Waals surface area (Å²) in [6.07, 6.45) is 0. The van der Waals surface area contributed by atoms with Crippen molar-refractivity contribution in [1.29, 1.82) is 0 Å². The van der Waals surface area contributed by atoms with Gasteiger partial charge in [0, 0.05) is 30.0 Å². The van der Waals surface area contributed by atoms with E-state index < -0.39 is 6.61 Å². The minimum atomic E-state index is -2.90. The lowest BCUT2D eigenvalue weighted by Gasteiger charge is -2.28. The van der Waals surface area contributed by atoms with E-state index in [1.807, 2.05) is 17.0 Å². The van der Waals surface area contributed by atoms with Gasteiger partial charge >= 0.3 is 6.61 Å². The molecule has 2 aromatic carbocycles. The van der Waals surface area contributed by atoms with Gasteiger partial charge in [-0.3, -0.25) is 9.59 Å². The maximum Gasteiger partial charge on any atom is 0.387 e. The maximum atomic E-state index is 12.2. The molecule has 0 radical (unpaired) electrons. The molecule has 1 aliphatic rings. The highest BCUT2D eigenvalue weighted by atomic mass is 19.3. The number of carbonyl (C=O) groups is 2. The van der Waals surface area contributed by atoms with Crippen molar-refractivity contribution in [2.75, 3.05) is 29.9 Å². The van der Waals surface area contributed by atoms with Gasteiger partial charge in [0.05, 0.1) is 6.54 Å². The van der Waals surface area contributed by atoms with Gasteiger partial charge in [-0.25, -0.2) is 0 Å². The lowest BCUT2D eigenvalue weighted by atomic mass is 10.2. The van der Waals surface area contributed by atoms with E-state index in [4.69, 9.17) is 0 Å². The Morgan fingerprint density at radius 3 is 2.42 bits per heavy atom. The molecular formula is C18H17F2N3O3. The summed E-state index contributed by atoms with van der Waals surface area (Å²) in [5, 5.41) is 5.50. The van der Waals surface area contributed by atoms with Crippen molar-refractivity contribution in [3.63, 3.8) is 0 Å². The fourth-order valence-electron chi connectivity index (χ4n) is 2.61. The molecular weight excluding hydrogens is 344 g/mol. The van der Waals surface area contributed by atoms with Gasteiger partial charge in [0.2, 0.25) is 5.91 Å². The van der Waals surface area contributed by atoms with E-state index in [0.717, 1.165) is 12.2 Å². The molecule has 2 N–H and O–H groups in total. The molecule has 6 nitrogen and oxygen atoms in total. The Kier molecular flexibility index (Phi) is 5.31. The molecule has 0 saturated carbocycles. The SMILES string of the molecule is O=C1CN(c2ccc(NC(=O)c3ccc(OC(F)F)cc3)cc2)CCN1. The molecule has 8 heteroatoms. The van der Waals surface area contributed by atoms with Crippen LogP contribution in [0.4, 0.5) is 20.2 Å². The summed E-state index contributed by atoms with van der Waals surface area (Å²) in [4.78, 5) is 25.6. The van der Waals surface area contributed by atoms with Crippen LogP contribution in [-0.4, -0.2) is 38.1 Å². The Labute approximate surface area is 148 Å². The molecule has 1 aliphatic heterocycles. The molecule has 0 aliphatic carbocycles. The first-order valence-electron chi connectivity index (χ1n) is 7.99. The molecule has 0 unspecified atom stereocenters. The number of piperazine rings is 1. The van der Waals surface area contributed by atoms with Gasteiger partial charge in [-0.05, 0) is 48.5 Å². The number of halogens is 2. The third-order valence-corrected chi connectivity index (χ3v) is 3.87. The number of nitrogens with one attached hydrogen (secondary N) is 2. The second-order valence-corrected chi connectivity index (χ2v) is 5.68. The van der Waals surface area contributed by atoms with Crippen LogP contribution in [-0.2, 0) is 4.79 Å². The number of nitrogens with zero attached hydrogens (tertiary/aromatic N) is 1. The lowest BCUT2D eigenvalue weighted by Crippen LogP contribution is -2.47. The van der Waals surface area contributed by atoms with Crippen LogP contribution in [0.2, 0.25) is 0 Å². The summed E-state index contributed by atoms with van der Waals surface area (Å²) in [6, 6.07) is 12.6. The molecule has 2 amide bonds. The van der Waals surface area contributed by atoms with Gasteiger partial charge in [-0.1, -0.05) is 0 Å². The second kappa shape index (κ2) is 7.81. The summed E-state index contributed by atoms with van der Waals surface area (Å²) in [6.45, 7) is -1.27. The van der Waals surface area contributed by atoms with Crippen LogP contribution >= 0.6 is 0 Å². The van der Waals surface area contributed by atoms with Gasteiger partial charge < -0.3 is 20.3 Å². The average Bonchev–Trinajstić information content (AvgIpc) is 2.62. The summed E-state index contributed by atoms with van der Waals surface area (Å²) < 4.78 is 28.5. The highest BCUT2D eigenvalue weighted by Crippen LogP contribution is 2.20. The van der Waals surface area contributed by atoms with Crippen LogP contribution in [0.1, 0.15) is 10.4 Å². The van der Waals surface area contributed by atoms with Crippen LogP contribution in [0, 0.1) is 0 Å². The number of carbonyl (C=O) groups excluding carboxylic acids is 2. The summed E-state index contributed by atoms with van der Waals surface area (Å²) in [5.74, 6) is -0.391. The highest BCUT2D eigenvalue weighted by Gasteiger charge is 2.16. The molecule has 1 fully saturated rings. The molecule has 0 bridgehead atoms. The first-order valence-corrected chi connectivity index (χ1v) is 7.99. The minimum Gasteiger partial charge on any atom is -0.435 e. The Bertz CT molecular complexity index is 779. The van der Waals surface area contributed by atoms with Crippen molar-refractivity contribution in [3.05, 3.63) is 54.1 Å². The van der Waals surface area contributed by atoms with Gasteiger partial charge in [0.25, 0.3) is 5.91 Å². The normalized spacial score (nSPS) is 14.1. The number of hydrogen-bond donors (Lipinski definition) is 2. The predicted octanol–water partition coefficient (Wildman–Crippen LogP) is 2.48. The Morgan fingerprint density at radius 2 is 1.81 bits per heavy atom. The largest absolute Gasteiger partial charge is 0.435 e. The van der Waals surface area contributed by atoms with Crippen molar-refractivity contribution >= 4 is 23.2 Å². The Morgan fingerprint density at radius 1 is 1.12 bits per heavy atom. The zero-order valence-electron chi connectivity index (χ0n) is 13.7. The van der Waals surface area contributed by atoms with E-state index in [2.05, 4.69) is 15.4 Å². The molecule has 0 atom stereocenters. The maximum absolute atomic E-state index is 12.2. The summed E-state index contributed by atoms with van der Waals surface area (Å²) >= 11 is 0. The number of ether oxygens (including phenoxy) is 1. The standard InChI is InChI=1S/C18H17F2N3O3/c19-18(20)26-15-7-1-12(2-8-15)17(25)22-13-3-5-14(6-4-13)23-10-9-21-16(24)11-23/h1-8,18H,9-11H2,(H,21,24)(H,22,25). The molecule has 1 heterocycles. The Balaban J connectivity index is 1.61. The molecule has 3 rings (SSSR count). The predicted molar refractivity (Wildman–Crippen MR) is 92.7 cm³/mol. The van der Waals surface area contributed by atoms with Crippen LogP contribution in [0.3, 0.4) is 0 Å².